The molecule has 0 aromatic heterocycles. The molecule has 0 saturated heterocycles. The van der Waals surface area contributed by atoms with Crippen molar-refractivity contribution in [1.82, 2.24) is 10.2 Å². The number of nitrogens with zero attached hydrogens (tertiary/aromatic N) is 1. The van der Waals surface area contributed by atoms with E-state index in [1.165, 1.54) is 12.8 Å². The number of carbonyl (C=O) groups excluding carboxylic acids is 1. The molecule has 0 spiro atoms. The van der Waals surface area contributed by atoms with Gasteiger partial charge in [0.05, 0.1) is 0 Å². The van der Waals surface area contributed by atoms with Crippen LogP contribution in [0, 0.1) is 5.92 Å². The summed E-state index contributed by atoms with van der Waals surface area (Å²) in [6.07, 6.45) is 6.47. The van der Waals surface area contributed by atoms with Crippen molar-refractivity contribution >= 4 is 6.03 Å². The number of rotatable bonds is 7. The van der Waals surface area contributed by atoms with Gasteiger partial charge in [-0.05, 0) is 58.3 Å². The van der Waals surface area contributed by atoms with E-state index >= 15 is 0 Å². The van der Waals surface area contributed by atoms with E-state index in [9.17, 15) is 4.79 Å². The SMILES string of the molecule is CC(CCCO)NC(=O)N(C1CC1)C(C)C1CC1. The van der Waals surface area contributed by atoms with Crippen molar-refractivity contribution in [3.63, 3.8) is 0 Å². The van der Waals surface area contributed by atoms with Gasteiger partial charge in [-0.1, -0.05) is 0 Å². The molecule has 18 heavy (non-hydrogen) atoms. The third-order valence-corrected chi connectivity index (χ3v) is 4.08. The molecule has 104 valence electrons. The topological polar surface area (TPSA) is 52.6 Å². The van der Waals surface area contributed by atoms with E-state index < -0.39 is 0 Å². The Morgan fingerprint density at radius 3 is 2.50 bits per heavy atom. The van der Waals surface area contributed by atoms with Gasteiger partial charge in [-0.3, -0.25) is 0 Å². The second-order valence-corrected chi connectivity index (χ2v) is 5.93. The normalized spacial score (nSPS) is 22.4. The lowest BCUT2D eigenvalue weighted by Gasteiger charge is -2.31. The molecule has 0 aromatic carbocycles. The Bertz CT molecular complexity index is 288. The lowest BCUT2D eigenvalue weighted by Crippen LogP contribution is -2.49. The van der Waals surface area contributed by atoms with Crippen molar-refractivity contribution < 1.29 is 9.90 Å². The molecule has 2 fully saturated rings. The minimum Gasteiger partial charge on any atom is -0.396 e. The third-order valence-electron chi connectivity index (χ3n) is 4.08. The first-order valence-electron chi connectivity index (χ1n) is 7.33. The number of aliphatic hydroxyl groups excluding tert-OH is 1. The zero-order valence-electron chi connectivity index (χ0n) is 11.6. The summed E-state index contributed by atoms with van der Waals surface area (Å²) in [4.78, 5) is 14.4. The average Bonchev–Trinajstić information content (AvgIpc) is 3.16. The van der Waals surface area contributed by atoms with E-state index in [0.29, 0.717) is 12.1 Å². The summed E-state index contributed by atoms with van der Waals surface area (Å²) < 4.78 is 0. The van der Waals surface area contributed by atoms with Crippen LogP contribution in [0.4, 0.5) is 4.79 Å². The van der Waals surface area contributed by atoms with Gasteiger partial charge in [-0.15, -0.1) is 0 Å². The van der Waals surface area contributed by atoms with Crippen molar-refractivity contribution in [3.05, 3.63) is 0 Å². The number of nitrogens with one attached hydrogen (secondary N) is 1. The van der Waals surface area contributed by atoms with Crippen LogP contribution >= 0.6 is 0 Å². The van der Waals surface area contributed by atoms with Crippen LogP contribution in [0.2, 0.25) is 0 Å². The maximum Gasteiger partial charge on any atom is 0.318 e. The van der Waals surface area contributed by atoms with Gasteiger partial charge < -0.3 is 15.3 Å². The summed E-state index contributed by atoms with van der Waals surface area (Å²) in [5.74, 6) is 0.726. The molecular weight excluding hydrogens is 228 g/mol. The zero-order chi connectivity index (χ0) is 13.1. The van der Waals surface area contributed by atoms with Crippen molar-refractivity contribution in [3.8, 4) is 0 Å². The van der Waals surface area contributed by atoms with E-state index in [1.54, 1.807) is 0 Å². The van der Waals surface area contributed by atoms with E-state index in [-0.39, 0.29) is 18.7 Å². The Hall–Kier alpha value is -0.770. The first kappa shape index (κ1) is 13.7. The molecule has 2 unspecified atom stereocenters. The number of aliphatic hydroxyl groups is 1. The van der Waals surface area contributed by atoms with Crippen molar-refractivity contribution in [1.29, 1.82) is 0 Å². The maximum absolute atomic E-state index is 12.3. The zero-order valence-corrected chi connectivity index (χ0v) is 11.6. The molecule has 0 radical (unpaired) electrons. The second kappa shape index (κ2) is 5.91. The quantitative estimate of drug-likeness (QED) is 0.731. The van der Waals surface area contributed by atoms with Crippen LogP contribution in [0.5, 0.6) is 0 Å². The van der Waals surface area contributed by atoms with Crippen LogP contribution in [0.15, 0.2) is 0 Å². The van der Waals surface area contributed by atoms with Gasteiger partial charge in [0, 0.05) is 24.7 Å². The monoisotopic (exact) mass is 254 g/mol. The summed E-state index contributed by atoms with van der Waals surface area (Å²) in [7, 11) is 0. The number of hydrogen-bond donors (Lipinski definition) is 2. The predicted octanol–water partition coefficient (Wildman–Crippen LogP) is 2.12. The molecule has 2 N–H and O–H groups in total. The summed E-state index contributed by atoms with van der Waals surface area (Å²) >= 11 is 0. The highest BCUT2D eigenvalue weighted by atomic mass is 16.3. The fraction of sp³-hybridized carbons (Fsp3) is 0.929. The summed E-state index contributed by atoms with van der Waals surface area (Å²) in [5, 5.41) is 11.9. The molecule has 0 heterocycles. The van der Waals surface area contributed by atoms with Crippen LogP contribution in [-0.2, 0) is 0 Å². The smallest absolute Gasteiger partial charge is 0.318 e. The molecule has 2 aliphatic rings. The minimum absolute atomic E-state index is 0.0994. The van der Waals surface area contributed by atoms with Crippen LogP contribution in [0.25, 0.3) is 0 Å². The summed E-state index contributed by atoms with van der Waals surface area (Å²) in [6.45, 7) is 4.40. The molecule has 0 aliphatic heterocycles. The van der Waals surface area contributed by atoms with E-state index in [0.717, 1.165) is 31.6 Å². The minimum atomic E-state index is 0.0994. The Morgan fingerprint density at radius 2 is 2.00 bits per heavy atom. The first-order valence-corrected chi connectivity index (χ1v) is 7.33. The molecule has 2 amide bonds. The molecule has 4 heteroatoms. The van der Waals surface area contributed by atoms with E-state index in [4.69, 9.17) is 5.11 Å². The van der Waals surface area contributed by atoms with Gasteiger partial charge in [0.25, 0.3) is 0 Å². The molecule has 2 saturated carbocycles. The van der Waals surface area contributed by atoms with Gasteiger partial charge in [0.1, 0.15) is 0 Å². The van der Waals surface area contributed by atoms with Gasteiger partial charge >= 0.3 is 6.03 Å². The van der Waals surface area contributed by atoms with Crippen LogP contribution < -0.4 is 5.32 Å². The summed E-state index contributed by atoms with van der Waals surface area (Å²) in [5.41, 5.74) is 0. The highest BCUT2D eigenvalue weighted by molar-refractivity contribution is 5.75. The number of amides is 2. The fourth-order valence-corrected chi connectivity index (χ4v) is 2.60. The number of carbonyl (C=O) groups is 1. The Labute approximate surface area is 110 Å². The molecule has 2 aliphatic carbocycles. The van der Waals surface area contributed by atoms with E-state index in [2.05, 4.69) is 17.1 Å². The first-order chi connectivity index (χ1) is 8.63. The van der Waals surface area contributed by atoms with Crippen LogP contribution in [-0.4, -0.2) is 40.8 Å². The van der Waals surface area contributed by atoms with Gasteiger partial charge in [-0.2, -0.15) is 0 Å². The molecule has 4 nitrogen and oxygen atoms in total. The third kappa shape index (κ3) is 3.61. The molecular formula is C14H26N2O2. The standard InChI is InChI=1S/C14H26N2O2/c1-10(4-3-9-17)15-14(18)16(13-7-8-13)11(2)12-5-6-12/h10-13,17H,3-9H2,1-2H3,(H,15,18). The molecule has 2 rings (SSSR count). The summed E-state index contributed by atoms with van der Waals surface area (Å²) in [6, 6.07) is 1.12. The Kier molecular flexibility index (Phi) is 4.49. The molecule has 0 aromatic rings. The van der Waals surface area contributed by atoms with Crippen molar-refractivity contribution in [2.45, 2.75) is 70.5 Å². The second-order valence-electron chi connectivity index (χ2n) is 5.93. The van der Waals surface area contributed by atoms with E-state index in [1.807, 2.05) is 6.92 Å². The largest absolute Gasteiger partial charge is 0.396 e. The lowest BCUT2D eigenvalue weighted by atomic mass is 10.1. The maximum atomic E-state index is 12.3. The Balaban J connectivity index is 1.83. The molecule has 2 atom stereocenters. The van der Waals surface area contributed by atoms with Gasteiger partial charge in [0.2, 0.25) is 0 Å². The predicted molar refractivity (Wildman–Crippen MR) is 71.4 cm³/mol. The van der Waals surface area contributed by atoms with Gasteiger partial charge in [-0.25, -0.2) is 4.79 Å². The van der Waals surface area contributed by atoms with Crippen LogP contribution in [0.3, 0.4) is 0 Å². The number of hydrogen-bond acceptors (Lipinski definition) is 2. The average molecular weight is 254 g/mol. The fourth-order valence-electron chi connectivity index (χ4n) is 2.60. The van der Waals surface area contributed by atoms with Gasteiger partial charge in [0.15, 0.2) is 0 Å². The Morgan fingerprint density at radius 1 is 1.33 bits per heavy atom. The molecule has 0 bridgehead atoms. The van der Waals surface area contributed by atoms with Crippen molar-refractivity contribution in [2.75, 3.05) is 6.61 Å². The van der Waals surface area contributed by atoms with Crippen LogP contribution in [0.1, 0.15) is 52.4 Å². The highest BCUT2D eigenvalue weighted by Gasteiger charge is 2.41. The van der Waals surface area contributed by atoms with Crippen molar-refractivity contribution in [2.24, 2.45) is 5.92 Å². The highest BCUT2D eigenvalue weighted by Crippen LogP contribution is 2.39. The number of urea groups is 1. The lowest BCUT2D eigenvalue weighted by molar-refractivity contribution is 0.163.